The fraction of sp³-hybridized carbons (Fsp3) is 0.846. The van der Waals surface area contributed by atoms with Crippen LogP contribution >= 0.6 is 0 Å². The molecule has 1 aliphatic rings. The molecule has 1 aliphatic heterocycles. The third-order valence-electron chi connectivity index (χ3n) is 3.68. The van der Waals surface area contributed by atoms with E-state index in [2.05, 4.69) is 15.9 Å². The molecule has 1 rings (SSSR count). The number of hydrogen-bond donors (Lipinski definition) is 0. The SMILES string of the molecule is CCN(CC)C(=O)C(C)N1CCN(CC#N)CC1. The van der Waals surface area contributed by atoms with Crippen LogP contribution in [-0.2, 0) is 4.79 Å². The lowest BCUT2D eigenvalue weighted by Crippen LogP contribution is -2.54. The molecule has 0 aromatic rings. The van der Waals surface area contributed by atoms with Crippen LogP contribution in [0.5, 0.6) is 0 Å². The molecule has 5 nitrogen and oxygen atoms in total. The van der Waals surface area contributed by atoms with Crippen molar-refractivity contribution in [2.24, 2.45) is 0 Å². The summed E-state index contributed by atoms with van der Waals surface area (Å²) in [4.78, 5) is 18.5. The number of carbonyl (C=O) groups excluding carboxylic acids is 1. The van der Waals surface area contributed by atoms with Crippen molar-refractivity contribution >= 4 is 5.91 Å². The van der Waals surface area contributed by atoms with Crippen molar-refractivity contribution in [1.82, 2.24) is 14.7 Å². The van der Waals surface area contributed by atoms with Crippen LogP contribution in [0.15, 0.2) is 0 Å². The van der Waals surface area contributed by atoms with Crippen molar-refractivity contribution < 1.29 is 4.79 Å². The van der Waals surface area contributed by atoms with Crippen LogP contribution in [0, 0.1) is 11.3 Å². The number of nitriles is 1. The van der Waals surface area contributed by atoms with Crippen molar-refractivity contribution in [2.45, 2.75) is 26.8 Å². The van der Waals surface area contributed by atoms with E-state index in [9.17, 15) is 4.79 Å². The molecule has 0 aliphatic carbocycles. The average Bonchev–Trinajstić information content (AvgIpc) is 2.40. The van der Waals surface area contributed by atoms with Crippen LogP contribution in [-0.4, -0.2) is 72.5 Å². The lowest BCUT2D eigenvalue weighted by atomic mass is 10.2. The first-order valence-electron chi connectivity index (χ1n) is 6.76. The van der Waals surface area contributed by atoms with Crippen molar-refractivity contribution in [3.63, 3.8) is 0 Å². The topological polar surface area (TPSA) is 50.6 Å². The molecule has 1 heterocycles. The molecule has 0 bridgehead atoms. The summed E-state index contributed by atoms with van der Waals surface area (Å²) < 4.78 is 0. The monoisotopic (exact) mass is 252 g/mol. The Balaban J connectivity index is 2.47. The van der Waals surface area contributed by atoms with Crippen LogP contribution in [0.3, 0.4) is 0 Å². The molecule has 0 saturated carbocycles. The van der Waals surface area contributed by atoms with Gasteiger partial charge in [-0.3, -0.25) is 14.6 Å². The van der Waals surface area contributed by atoms with E-state index in [-0.39, 0.29) is 11.9 Å². The van der Waals surface area contributed by atoms with Crippen LogP contribution in [0.1, 0.15) is 20.8 Å². The first-order valence-corrected chi connectivity index (χ1v) is 6.76. The smallest absolute Gasteiger partial charge is 0.239 e. The molecule has 18 heavy (non-hydrogen) atoms. The highest BCUT2D eigenvalue weighted by Gasteiger charge is 2.27. The zero-order valence-corrected chi connectivity index (χ0v) is 11.7. The number of carbonyl (C=O) groups is 1. The number of likely N-dealkylation sites (N-methyl/N-ethyl adjacent to an activating group) is 1. The second-order valence-corrected chi connectivity index (χ2v) is 4.66. The number of rotatable bonds is 5. The van der Waals surface area contributed by atoms with Gasteiger partial charge in [0.1, 0.15) is 0 Å². The third kappa shape index (κ3) is 3.69. The Morgan fingerprint density at radius 1 is 1.28 bits per heavy atom. The zero-order valence-electron chi connectivity index (χ0n) is 11.7. The number of nitrogens with zero attached hydrogens (tertiary/aromatic N) is 4. The van der Waals surface area contributed by atoms with Crippen LogP contribution < -0.4 is 0 Å². The maximum Gasteiger partial charge on any atom is 0.239 e. The van der Waals surface area contributed by atoms with Gasteiger partial charge in [0.2, 0.25) is 5.91 Å². The highest BCUT2D eigenvalue weighted by molar-refractivity contribution is 5.81. The molecule has 0 aromatic carbocycles. The predicted molar refractivity (Wildman–Crippen MR) is 71.0 cm³/mol. The summed E-state index contributed by atoms with van der Waals surface area (Å²) in [7, 11) is 0. The predicted octanol–water partition coefficient (Wildman–Crippen LogP) is 0.384. The van der Waals surface area contributed by atoms with E-state index in [1.807, 2.05) is 25.7 Å². The first-order chi connectivity index (χ1) is 8.63. The Hall–Kier alpha value is -1.12. The van der Waals surface area contributed by atoms with E-state index < -0.39 is 0 Å². The highest BCUT2D eigenvalue weighted by atomic mass is 16.2. The van der Waals surface area contributed by atoms with Gasteiger partial charge in [-0.2, -0.15) is 5.26 Å². The molecule has 1 unspecified atom stereocenters. The summed E-state index contributed by atoms with van der Waals surface area (Å²) in [5, 5.41) is 8.65. The minimum absolute atomic E-state index is 0.0471. The van der Waals surface area contributed by atoms with Gasteiger partial charge in [0, 0.05) is 39.3 Å². The molecule has 0 aromatic heterocycles. The van der Waals surface area contributed by atoms with Gasteiger partial charge >= 0.3 is 0 Å². The normalized spacial score (nSPS) is 19.2. The van der Waals surface area contributed by atoms with E-state index >= 15 is 0 Å². The molecule has 0 radical (unpaired) electrons. The summed E-state index contributed by atoms with van der Waals surface area (Å²) in [5.74, 6) is 0.216. The first kappa shape index (κ1) is 14.9. The maximum atomic E-state index is 12.2. The number of hydrogen-bond acceptors (Lipinski definition) is 4. The minimum atomic E-state index is -0.0471. The van der Waals surface area contributed by atoms with E-state index in [1.54, 1.807) is 0 Å². The lowest BCUT2D eigenvalue weighted by Gasteiger charge is -2.37. The van der Waals surface area contributed by atoms with Gasteiger partial charge in [-0.15, -0.1) is 0 Å². The van der Waals surface area contributed by atoms with E-state index in [0.29, 0.717) is 6.54 Å². The Labute approximate surface area is 110 Å². The zero-order chi connectivity index (χ0) is 13.5. The Morgan fingerprint density at radius 2 is 1.83 bits per heavy atom. The van der Waals surface area contributed by atoms with Crippen molar-refractivity contribution in [3.8, 4) is 6.07 Å². The molecule has 0 N–H and O–H groups in total. The summed E-state index contributed by atoms with van der Waals surface area (Å²) in [5.41, 5.74) is 0. The molecule has 5 heteroatoms. The van der Waals surface area contributed by atoms with Crippen molar-refractivity contribution in [2.75, 3.05) is 45.8 Å². The van der Waals surface area contributed by atoms with Crippen LogP contribution in [0.25, 0.3) is 0 Å². The number of amides is 1. The fourth-order valence-corrected chi connectivity index (χ4v) is 2.36. The second-order valence-electron chi connectivity index (χ2n) is 4.66. The standard InChI is InChI=1S/C13H24N4O/c1-4-16(5-2)13(18)12(3)17-10-8-15(7-6-14)9-11-17/h12H,4-5,7-11H2,1-3H3. The van der Waals surface area contributed by atoms with E-state index in [4.69, 9.17) is 5.26 Å². The van der Waals surface area contributed by atoms with Crippen LogP contribution in [0.2, 0.25) is 0 Å². The third-order valence-corrected chi connectivity index (χ3v) is 3.68. The summed E-state index contributed by atoms with van der Waals surface area (Å²) in [6.07, 6.45) is 0. The average molecular weight is 252 g/mol. The molecule has 102 valence electrons. The molecule has 1 atom stereocenters. The molecular formula is C13H24N4O. The molecule has 1 saturated heterocycles. The highest BCUT2D eigenvalue weighted by Crippen LogP contribution is 2.08. The number of piperazine rings is 1. The van der Waals surface area contributed by atoms with Gasteiger partial charge in [-0.25, -0.2) is 0 Å². The molecule has 1 fully saturated rings. The van der Waals surface area contributed by atoms with Crippen LogP contribution in [0.4, 0.5) is 0 Å². The van der Waals surface area contributed by atoms with E-state index in [1.165, 1.54) is 0 Å². The quantitative estimate of drug-likeness (QED) is 0.664. The summed E-state index contributed by atoms with van der Waals surface area (Å²) >= 11 is 0. The largest absolute Gasteiger partial charge is 0.342 e. The summed E-state index contributed by atoms with van der Waals surface area (Å²) in [6.45, 7) is 11.5. The lowest BCUT2D eigenvalue weighted by molar-refractivity contribution is -0.136. The van der Waals surface area contributed by atoms with Gasteiger partial charge in [0.15, 0.2) is 0 Å². The van der Waals surface area contributed by atoms with Gasteiger partial charge in [0.05, 0.1) is 18.7 Å². The maximum absolute atomic E-state index is 12.2. The molecular weight excluding hydrogens is 228 g/mol. The molecule has 1 amide bonds. The Bertz CT molecular complexity index is 301. The fourth-order valence-electron chi connectivity index (χ4n) is 2.36. The van der Waals surface area contributed by atoms with Gasteiger partial charge in [-0.05, 0) is 20.8 Å². The van der Waals surface area contributed by atoms with Crippen molar-refractivity contribution in [3.05, 3.63) is 0 Å². The Kier molecular flexibility index (Phi) is 6.10. The second kappa shape index (κ2) is 7.34. The van der Waals surface area contributed by atoms with E-state index in [0.717, 1.165) is 39.3 Å². The minimum Gasteiger partial charge on any atom is -0.342 e. The summed E-state index contributed by atoms with van der Waals surface area (Å²) in [6, 6.07) is 2.13. The van der Waals surface area contributed by atoms with Crippen molar-refractivity contribution in [1.29, 1.82) is 5.26 Å². The van der Waals surface area contributed by atoms with Gasteiger partial charge < -0.3 is 4.90 Å². The van der Waals surface area contributed by atoms with Gasteiger partial charge in [0.25, 0.3) is 0 Å². The molecule has 0 spiro atoms. The Morgan fingerprint density at radius 3 is 2.28 bits per heavy atom. The van der Waals surface area contributed by atoms with Gasteiger partial charge in [-0.1, -0.05) is 0 Å².